The van der Waals surface area contributed by atoms with Crippen LogP contribution in [0.4, 0.5) is 0 Å². The number of furan rings is 1. The molecule has 0 radical (unpaired) electrons. The van der Waals surface area contributed by atoms with Gasteiger partial charge in [-0.05, 0) is 36.8 Å². The minimum Gasteiger partial charge on any atom is -0.497 e. The van der Waals surface area contributed by atoms with E-state index in [4.69, 9.17) is 9.15 Å². The normalized spacial score (nSPS) is 14.0. The van der Waals surface area contributed by atoms with E-state index < -0.39 is 0 Å². The first-order chi connectivity index (χ1) is 9.65. The van der Waals surface area contributed by atoms with E-state index in [1.165, 1.54) is 0 Å². The maximum atomic E-state index is 9.49. The molecular weight excluding hydrogens is 322 g/mol. The van der Waals surface area contributed by atoms with Crippen LogP contribution in [-0.2, 0) is 0 Å². The summed E-state index contributed by atoms with van der Waals surface area (Å²) in [6, 6.07) is 9.33. The fourth-order valence-electron chi connectivity index (χ4n) is 2.09. The molecule has 0 aliphatic heterocycles. The lowest BCUT2D eigenvalue weighted by molar-refractivity contribution is 0.217. The number of ether oxygens (including phenoxy) is 1. The molecular formula is C15H18BrNO3. The second-order valence-electron chi connectivity index (χ2n) is 4.53. The van der Waals surface area contributed by atoms with Crippen LogP contribution in [0.3, 0.4) is 0 Å². The van der Waals surface area contributed by atoms with Gasteiger partial charge in [0.05, 0.1) is 26.0 Å². The van der Waals surface area contributed by atoms with E-state index in [1.807, 2.05) is 37.3 Å². The van der Waals surface area contributed by atoms with E-state index >= 15 is 0 Å². The first kappa shape index (κ1) is 15.1. The maximum absolute atomic E-state index is 9.49. The van der Waals surface area contributed by atoms with Gasteiger partial charge in [-0.25, -0.2) is 0 Å². The molecule has 2 rings (SSSR count). The van der Waals surface area contributed by atoms with Gasteiger partial charge < -0.3 is 14.3 Å². The van der Waals surface area contributed by atoms with Crippen molar-refractivity contribution in [3.05, 3.63) is 52.4 Å². The summed E-state index contributed by atoms with van der Waals surface area (Å²) in [4.78, 5) is 0. The maximum Gasteiger partial charge on any atom is 0.123 e. The van der Waals surface area contributed by atoms with Crippen LogP contribution in [0.25, 0.3) is 0 Å². The summed E-state index contributed by atoms with van der Waals surface area (Å²) in [5, 5.41) is 12.8. The summed E-state index contributed by atoms with van der Waals surface area (Å²) in [6.45, 7) is 2.02. The van der Waals surface area contributed by atoms with Crippen molar-refractivity contribution in [1.82, 2.24) is 5.32 Å². The van der Waals surface area contributed by atoms with Gasteiger partial charge in [0.25, 0.3) is 0 Å². The highest BCUT2D eigenvalue weighted by molar-refractivity contribution is 9.10. The monoisotopic (exact) mass is 339 g/mol. The molecule has 0 unspecified atom stereocenters. The summed E-state index contributed by atoms with van der Waals surface area (Å²) in [5.41, 5.74) is 1.09. The van der Waals surface area contributed by atoms with Gasteiger partial charge in [0.2, 0.25) is 0 Å². The second kappa shape index (κ2) is 6.92. The first-order valence-electron chi connectivity index (χ1n) is 6.39. The van der Waals surface area contributed by atoms with Gasteiger partial charge >= 0.3 is 0 Å². The number of aliphatic hydroxyl groups excluding tert-OH is 1. The van der Waals surface area contributed by atoms with Crippen LogP contribution in [0.1, 0.15) is 30.3 Å². The van der Waals surface area contributed by atoms with E-state index in [-0.39, 0.29) is 18.7 Å². The molecule has 0 aliphatic carbocycles. The molecule has 0 fully saturated rings. The van der Waals surface area contributed by atoms with Gasteiger partial charge in [0.15, 0.2) is 0 Å². The number of halogens is 1. The Balaban J connectivity index is 2.13. The Morgan fingerprint density at radius 3 is 2.75 bits per heavy atom. The molecule has 1 heterocycles. The molecule has 5 heteroatoms. The Kier molecular flexibility index (Phi) is 5.23. The zero-order valence-electron chi connectivity index (χ0n) is 11.5. The predicted molar refractivity (Wildman–Crippen MR) is 80.8 cm³/mol. The smallest absolute Gasteiger partial charge is 0.123 e. The van der Waals surface area contributed by atoms with Crippen molar-refractivity contribution in [2.24, 2.45) is 0 Å². The van der Waals surface area contributed by atoms with Crippen LogP contribution in [-0.4, -0.2) is 18.8 Å². The van der Waals surface area contributed by atoms with Crippen molar-refractivity contribution in [2.75, 3.05) is 13.7 Å². The van der Waals surface area contributed by atoms with Gasteiger partial charge in [-0.3, -0.25) is 5.32 Å². The topological polar surface area (TPSA) is 54.6 Å². The molecule has 4 nitrogen and oxygen atoms in total. The van der Waals surface area contributed by atoms with E-state index in [0.29, 0.717) is 0 Å². The summed E-state index contributed by atoms with van der Waals surface area (Å²) >= 11 is 3.54. The third-order valence-corrected chi connectivity index (χ3v) is 3.88. The Labute approximate surface area is 126 Å². The fourth-order valence-corrected chi connectivity index (χ4v) is 2.79. The van der Waals surface area contributed by atoms with Crippen molar-refractivity contribution in [3.8, 4) is 5.75 Å². The van der Waals surface area contributed by atoms with Crippen molar-refractivity contribution in [3.63, 3.8) is 0 Å². The molecule has 1 aromatic heterocycles. The molecule has 0 bridgehead atoms. The quantitative estimate of drug-likeness (QED) is 0.846. The molecule has 2 N–H and O–H groups in total. The van der Waals surface area contributed by atoms with Crippen LogP contribution in [0, 0.1) is 0 Å². The van der Waals surface area contributed by atoms with Gasteiger partial charge in [-0.2, -0.15) is 0 Å². The highest BCUT2D eigenvalue weighted by Gasteiger charge is 2.18. The highest BCUT2D eigenvalue weighted by Crippen LogP contribution is 2.29. The van der Waals surface area contributed by atoms with E-state index in [2.05, 4.69) is 21.2 Å². The van der Waals surface area contributed by atoms with Crippen LogP contribution in [0.15, 0.2) is 45.5 Å². The molecule has 2 aromatic rings. The van der Waals surface area contributed by atoms with E-state index in [0.717, 1.165) is 21.5 Å². The minimum atomic E-state index is -0.228. The summed E-state index contributed by atoms with van der Waals surface area (Å²) < 4.78 is 11.5. The van der Waals surface area contributed by atoms with Gasteiger partial charge in [0, 0.05) is 10.5 Å². The molecule has 20 heavy (non-hydrogen) atoms. The average molecular weight is 340 g/mol. The van der Waals surface area contributed by atoms with E-state index in [1.54, 1.807) is 13.4 Å². The van der Waals surface area contributed by atoms with Crippen molar-refractivity contribution >= 4 is 15.9 Å². The van der Waals surface area contributed by atoms with Gasteiger partial charge in [0.1, 0.15) is 11.5 Å². The van der Waals surface area contributed by atoms with Gasteiger partial charge in [-0.1, -0.05) is 22.0 Å². The minimum absolute atomic E-state index is 0.0222. The van der Waals surface area contributed by atoms with Crippen LogP contribution in [0.2, 0.25) is 0 Å². The molecule has 0 spiro atoms. The first-order valence-corrected chi connectivity index (χ1v) is 7.18. The summed E-state index contributed by atoms with van der Waals surface area (Å²) in [5.74, 6) is 1.53. The third kappa shape index (κ3) is 3.42. The van der Waals surface area contributed by atoms with Crippen molar-refractivity contribution in [1.29, 1.82) is 0 Å². The number of rotatable bonds is 6. The number of nitrogens with one attached hydrogen (secondary N) is 1. The number of benzene rings is 1. The number of aliphatic hydroxyl groups is 1. The molecule has 0 saturated heterocycles. The largest absolute Gasteiger partial charge is 0.497 e. The Morgan fingerprint density at radius 2 is 2.20 bits per heavy atom. The Bertz CT molecular complexity index is 542. The lowest BCUT2D eigenvalue weighted by Gasteiger charge is -2.21. The standard InChI is InChI=1S/C15H18BrNO3/c1-10(12-6-5-11(19-2)8-13(12)16)17-14(9-18)15-4-3-7-20-15/h3-8,10,14,17-18H,9H2,1-2H3/t10-,14-/m1/s1. The zero-order chi connectivity index (χ0) is 14.5. The Morgan fingerprint density at radius 1 is 1.40 bits per heavy atom. The molecule has 1 aromatic carbocycles. The number of hydrogen-bond acceptors (Lipinski definition) is 4. The summed E-state index contributed by atoms with van der Waals surface area (Å²) in [7, 11) is 1.64. The van der Waals surface area contributed by atoms with Crippen molar-refractivity contribution in [2.45, 2.75) is 19.0 Å². The number of methoxy groups -OCH3 is 1. The third-order valence-electron chi connectivity index (χ3n) is 3.19. The molecule has 2 atom stereocenters. The number of hydrogen-bond donors (Lipinski definition) is 2. The second-order valence-corrected chi connectivity index (χ2v) is 5.38. The molecule has 108 valence electrons. The van der Waals surface area contributed by atoms with Crippen molar-refractivity contribution < 1.29 is 14.3 Å². The predicted octanol–water partition coefficient (Wildman–Crippen LogP) is 3.43. The van der Waals surface area contributed by atoms with Gasteiger partial charge in [-0.15, -0.1) is 0 Å². The van der Waals surface area contributed by atoms with Crippen LogP contribution >= 0.6 is 15.9 Å². The van der Waals surface area contributed by atoms with Crippen LogP contribution in [0.5, 0.6) is 5.75 Å². The van der Waals surface area contributed by atoms with Crippen LogP contribution < -0.4 is 10.1 Å². The molecule has 0 aliphatic rings. The van der Waals surface area contributed by atoms with E-state index in [9.17, 15) is 5.11 Å². The molecule has 0 saturated carbocycles. The Hall–Kier alpha value is -1.30. The fraction of sp³-hybridized carbons (Fsp3) is 0.333. The molecule has 0 amide bonds. The lowest BCUT2D eigenvalue weighted by atomic mass is 10.1. The average Bonchev–Trinajstić information content (AvgIpc) is 2.98. The summed E-state index contributed by atoms with van der Waals surface area (Å²) in [6.07, 6.45) is 1.60. The SMILES string of the molecule is COc1ccc([C@@H](C)N[C@H](CO)c2ccco2)c(Br)c1. The zero-order valence-corrected chi connectivity index (χ0v) is 13.1. The lowest BCUT2D eigenvalue weighted by Crippen LogP contribution is -2.27. The highest BCUT2D eigenvalue weighted by atomic mass is 79.9.